The van der Waals surface area contributed by atoms with Gasteiger partial charge in [0.1, 0.15) is 5.01 Å². The zero-order chi connectivity index (χ0) is 14.8. The second kappa shape index (κ2) is 6.12. The van der Waals surface area contributed by atoms with E-state index in [1.54, 1.807) is 11.3 Å². The predicted molar refractivity (Wildman–Crippen MR) is 85.4 cm³/mol. The third kappa shape index (κ3) is 3.23. The molecule has 0 aromatic carbocycles. The molecule has 0 unspecified atom stereocenters. The number of rotatable bonds is 6. The summed E-state index contributed by atoms with van der Waals surface area (Å²) >= 11 is 1.80. The van der Waals surface area contributed by atoms with E-state index in [1.165, 1.54) is 10.7 Å². The van der Waals surface area contributed by atoms with Crippen LogP contribution < -0.4 is 5.32 Å². The second-order valence-corrected chi connectivity index (χ2v) is 7.64. The second-order valence-electron chi connectivity index (χ2n) is 6.78. The van der Waals surface area contributed by atoms with Crippen LogP contribution in [0.1, 0.15) is 64.6 Å². The van der Waals surface area contributed by atoms with Crippen molar-refractivity contribution in [3.63, 3.8) is 0 Å². The molecule has 1 aliphatic rings. The quantitative estimate of drug-likeness (QED) is 0.866. The van der Waals surface area contributed by atoms with Gasteiger partial charge in [0, 0.05) is 17.4 Å². The fourth-order valence-electron chi connectivity index (χ4n) is 2.67. The van der Waals surface area contributed by atoms with Crippen molar-refractivity contribution in [2.75, 3.05) is 13.2 Å². The van der Waals surface area contributed by atoms with Crippen LogP contribution in [0.2, 0.25) is 0 Å². The summed E-state index contributed by atoms with van der Waals surface area (Å²) in [5.74, 6) is 0. The van der Waals surface area contributed by atoms with Crippen LogP contribution in [-0.4, -0.2) is 24.2 Å². The summed E-state index contributed by atoms with van der Waals surface area (Å²) in [7, 11) is 0. The monoisotopic (exact) mass is 296 g/mol. The summed E-state index contributed by atoms with van der Waals surface area (Å²) in [5, 5.41) is 7.18. The van der Waals surface area contributed by atoms with Crippen LogP contribution in [0.5, 0.6) is 0 Å². The molecule has 114 valence electrons. The fourth-order valence-corrected chi connectivity index (χ4v) is 3.91. The van der Waals surface area contributed by atoms with Crippen molar-refractivity contribution in [3.05, 3.63) is 16.1 Å². The summed E-state index contributed by atoms with van der Waals surface area (Å²) < 4.78 is 5.75. The molecule has 3 nitrogen and oxygen atoms in total. The van der Waals surface area contributed by atoms with Crippen LogP contribution in [0.4, 0.5) is 0 Å². The zero-order valence-electron chi connectivity index (χ0n) is 13.5. The van der Waals surface area contributed by atoms with Gasteiger partial charge in [0.15, 0.2) is 0 Å². The topological polar surface area (TPSA) is 34.2 Å². The molecule has 1 aromatic heterocycles. The molecule has 0 radical (unpaired) electrons. The Hall–Kier alpha value is -0.450. The molecule has 1 heterocycles. The van der Waals surface area contributed by atoms with Gasteiger partial charge in [-0.3, -0.25) is 0 Å². The largest absolute Gasteiger partial charge is 0.378 e. The maximum atomic E-state index is 5.75. The van der Waals surface area contributed by atoms with E-state index in [9.17, 15) is 0 Å². The maximum absolute atomic E-state index is 5.75. The van der Waals surface area contributed by atoms with Crippen LogP contribution in [0.25, 0.3) is 0 Å². The highest BCUT2D eigenvalue weighted by atomic mass is 32.1. The molecule has 1 aliphatic carbocycles. The molecular weight excluding hydrogens is 268 g/mol. The van der Waals surface area contributed by atoms with Crippen molar-refractivity contribution in [2.24, 2.45) is 0 Å². The number of ether oxygens (including phenoxy) is 1. The van der Waals surface area contributed by atoms with E-state index in [0.717, 1.165) is 32.4 Å². The van der Waals surface area contributed by atoms with Gasteiger partial charge in [-0.1, -0.05) is 27.7 Å². The molecule has 0 aliphatic heterocycles. The van der Waals surface area contributed by atoms with Crippen molar-refractivity contribution >= 4 is 11.3 Å². The Morgan fingerprint density at radius 1 is 1.40 bits per heavy atom. The molecule has 0 bridgehead atoms. The Morgan fingerprint density at radius 3 is 2.60 bits per heavy atom. The molecular formula is C16H28N2OS. The zero-order valence-corrected chi connectivity index (χ0v) is 14.3. The first-order valence-electron chi connectivity index (χ1n) is 7.74. The minimum absolute atomic E-state index is 0.0595. The van der Waals surface area contributed by atoms with Gasteiger partial charge in [0.2, 0.25) is 0 Å². The number of hydrogen-bond donors (Lipinski definition) is 1. The number of thiazole rings is 1. The molecule has 20 heavy (non-hydrogen) atoms. The summed E-state index contributed by atoms with van der Waals surface area (Å²) in [6.45, 7) is 12.8. The Labute approximate surface area is 127 Å². The Kier molecular flexibility index (Phi) is 4.88. The molecule has 0 amide bonds. The van der Waals surface area contributed by atoms with Crippen LogP contribution in [0.15, 0.2) is 5.38 Å². The van der Waals surface area contributed by atoms with E-state index in [4.69, 9.17) is 9.72 Å². The molecule has 2 rings (SSSR count). The lowest BCUT2D eigenvalue weighted by Crippen LogP contribution is -2.55. The number of nitrogens with one attached hydrogen (secondary N) is 1. The van der Waals surface area contributed by atoms with Gasteiger partial charge >= 0.3 is 0 Å². The Morgan fingerprint density at radius 2 is 2.10 bits per heavy atom. The van der Waals surface area contributed by atoms with Crippen molar-refractivity contribution in [3.8, 4) is 0 Å². The molecule has 1 fully saturated rings. The Balaban J connectivity index is 2.14. The van der Waals surface area contributed by atoms with E-state index >= 15 is 0 Å². The molecule has 0 atom stereocenters. The first-order valence-corrected chi connectivity index (χ1v) is 8.62. The smallest absolute Gasteiger partial charge is 0.113 e. The average molecular weight is 296 g/mol. The number of aromatic nitrogens is 1. The average Bonchev–Trinajstić information content (AvgIpc) is 2.81. The lowest BCUT2D eigenvalue weighted by atomic mass is 9.74. The van der Waals surface area contributed by atoms with E-state index in [1.807, 2.05) is 0 Å². The molecule has 1 saturated carbocycles. The molecule has 1 aromatic rings. The summed E-state index contributed by atoms with van der Waals surface area (Å²) in [6, 6.07) is 0. The van der Waals surface area contributed by atoms with E-state index in [-0.39, 0.29) is 11.0 Å². The highest BCUT2D eigenvalue weighted by molar-refractivity contribution is 7.09. The van der Waals surface area contributed by atoms with Crippen molar-refractivity contribution in [1.82, 2.24) is 10.3 Å². The van der Waals surface area contributed by atoms with Crippen LogP contribution in [0, 0.1) is 0 Å². The van der Waals surface area contributed by atoms with Crippen molar-refractivity contribution in [1.29, 1.82) is 0 Å². The molecule has 1 N–H and O–H groups in total. The first kappa shape index (κ1) is 15.9. The predicted octanol–water partition coefficient (Wildman–Crippen LogP) is 3.83. The lowest BCUT2D eigenvalue weighted by molar-refractivity contribution is -0.0536. The summed E-state index contributed by atoms with van der Waals surface area (Å²) in [6.07, 6.45) is 3.65. The van der Waals surface area contributed by atoms with Gasteiger partial charge in [-0.2, -0.15) is 0 Å². The van der Waals surface area contributed by atoms with Gasteiger partial charge in [-0.25, -0.2) is 4.98 Å². The first-order chi connectivity index (χ1) is 9.41. The summed E-state index contributed by atoms with van der Waals surface area (Å²) in [5.41, 5.74) is 1.39. The van der Waals surface area contributed by atoms with Crippen molar-refractivity contribution < 1.29 is 4.74 Å². The SMILES string of the molecule is CCCNC1(c2nc(C(C)(C)C)cs2)CC(OCC)C1. The van der Waals surface area contributed by atoms with Gasteiger partial charge in [-0.15, -0.1) is 11.3 Å². The van der Waals surface area contributed by atoms with E-state index in [2.05, 4.69) is 45.3 Å². The minimum atomic E-state index is 0.0595. The van der Waals surface area contributed by atoms with Gasteiger partial charge in [0.05, 0.1) is 17.3 Å². The maximum Gasteiger partial charge on any atom is 0.113 e. The standard InChI is InChI=1S/C16H28N2OS/c1-6-8-17-16(9-12(10-16)19-7-2)14-18-13(11-20-14)15(3,4)5/h11-12,17H,6-10H2,1-5H3. The molecule has 0 spiro atoms. The highest BCUT2D eigenvalue weighted by Gasteiger charge is 2.48. The molecule has 0 saturated heterocycles. The van der Waals surface area contributed by atoms with Gasteiger partial charge < -0.3 is 10.1 Å². The minimum Gasteiger partial charge on any atom is -0.378 e. The normalized spacial score (nSPS) is 26.6. The molecule has 4 heteroatoms. The Bertz CT molecular complexity index is 430. The third-order valence-electron chi connectivity index (χ3n) is 3.95. The summed E-state index contributed by atoms with van der Waals surface area (Å²) in [4.78, 5) is 4.92. The van der Waals surface area contributed by atoms with Gasteiger partial charge in [-0.05, 0) is 32.7 Å². The lowest BCUT2D eigenvalue weighted by Gasteiger charge is -2.46. The van der Waals surface area contributed by atoms with E-state index < -0.39 is 0 Å². The number of nitrogens with zero attached hydrogens (tertiary/aromatic N) is 1. The van der Waals surface area contributed by atoms with Crippen LogP contribution >= 0.6 is 11.3 Å². The van der Waals surface area contributed by atoms with Crippen LogP contribution in [-0.2, 0) is 15.7 Å². The highest BCUT2D eigenvalue weighted by Crippen LogP contribution is 2.45. The number of hydrogen-bond acceptors (Lipinski definition) is 4. The third-order valence-corrected chi connectivity index (χ3v) is 5.00. The van der Waals surface area contributed by atoms with Crippen LogP contribution in [0.3, 0.4) is 0 Å². The van der Waals surface area contributed by atoms with Gasteiger partial charge in [0.25, 0.3) is 0 Å². The fraction of sp³-hybridized carbons (Fsp3) is 0.812. The van der Waals surface area contributed by atoms with E-state index in [0.29, 0.717) is 6.10 Å². The van der Waals surface area contributed by atoms with Crippen molar-refractivity contribution in [2.45, 2.75) is 70.9 Å².